The van der Waals surface area contributed by atoms with Crippen molar-refractivity contribution in [3.8, 4) is 5.75 Å². The second-order valence-corrected chi connectivity index (χ2v) is 7.67. The third-order valence-corrected chi connectivity index (χ3v) is 5.17. The van der Waals surface area contributed by atoms with Gasteiger partial charge in [0.05, 0.1) is 6.54 Å². The summed E-state index contributed by atoms with van der Waals surface area (Å²) in [6, 6.07) is 18.8. The molecule has 6 nitrogen and oxygen atoms in total. The van der Waals surface area contributed by atoms with Crippen LogP contribution < -0.4 is 4.74 Å². The van der Waals surface area contributed by atoms with Crippen LogP contribution >= 0.6 is 0 Å². The van der Waals surface area contributed by atoms with Crippen LogP contribution in [-0.2, 0) is 12.1 Å². The van der Waals surface area contributed by atoms with Crippen LogP contribution in [0.2, 0.25) is 0 Å². The molecular formula is C26H21F2N3O3. The summed E-state index contributed by atoms with van der Waals surface area (Å²) >= 11 is 0. The molecule has 1 heterocycles. The van der Waals surface area contributed by atoms with Gasteiger partial charge in [0.1, 0.15) is 42.2 Å². The fourth-order valence-electron chi connectivity index (χ4n) is 3.41. The third kappa shape index (κ3) is 5.60. The van der Waals surface area contributed by atoms with Crippen molar-refractivity contribution < 1.29 is 23.4 Å². The third-order valence-electron chi connectivity index (χ3n) is 5.17. The monoisotopic (exact) mass is 461 g/mol. The zero-order chi connectivity index (χ0) is 24.0. The van der Waals surface area contributed by atoms with Crippen molar-refractivity contribution in [1.29, 1.82) is 0 Å². The lowest BCUT2D eigenvalue weighted by Gasteiger charge is -2.29. The van der Waals surface area contributed by atoms with Gasteiger partial charge >= 0.3 is 0 Å². The topological polar surface area (TPSA) is 77.2 Å². The number of allylic oxidation sites excluding steroid dienone is 1. The van der Waals surface area contributed by atoms with E-state index in [1.165, 1.54) is 29.5 Å². The Labute approximate surface area is 194 Å². The molecule has 0 fully saturated rings. The maximum Gasteiger partial charge on any atom is 0.185 e. The van der Waals surface area contributed by atoms with Crippen LogP contribution in [0.15, 0.2) is 91.5 Å². The molecule has 34 heavy (non-hydrogen) atoms. The molecule has 0 amide bonds. The smallest absolute Gasteiger partial charge is 0.185 e. The molecule has 1 unspecified atom stereocenters. The van der Waals surface area contributed by atoms with Gasteiger partial charge in [-0.25, -0.2) is 18.4 Å². The predicted molar refractivity (Wildman–Crippen MR) is 122 cm³/mol. The normalized spacial score (nSPS) is 13.0. The Morgan fingerprint density at radius 1 is 1.06 bits per heavy atom. The number of hydrogen-bond donors (Lipinski definition) is 1. The molecule has 1 N–H and O–H groups in total. The Morgan fingerprint density at radius 2 is 1.82 bits per heavy atom. The van der Waals surface area contributed by atoms with Crippen molar-refractivity contribution in [3.05, 3.63) is 120 Å². The lowest BCUT2D eigenvalue weighted by Crippen LogP contribution is -2.39. The van der Waals surface area contributed by atoms with Gasteiger partial charge in [0, 0.05) is 17.2 Å². The average Bonchev–Trinajstić information content (AvgIpc) is 3.35. The number of aliphatic hydroxyl groups is 1. The molecule has 0 spiro atoms. The van der Waals surface area contributed by atoms with Crippen LogP contribution in [0.3, 0.4) is 0 Å². The highest BCUT2D eigenvalue weighted by molar-refractivity contribution is 6.06. The molecule has 4 rings (SSSR count). The zero-order valence-corrected chi connectivity index (χ0v) is 18.0. The fraction of sp³-hybridized carbons (Fsp3) is 0.115. The number of rotatable bonds is 9. The van der Waals surface area contributed by atoms with Crippen LogP contribution in [-0.4, -0.2) is 32.3 Å². The van der Waals surface area contributed by atoms with E-state index in [0.29, 0.717) is 17.4 Å². The largest absolute Gasteiger partial charge is 0.490 e. The fourth-order valence-corrected chi connectivity index (χ4v) is 3.41. The van der Waals surface area contributed by atoms with Crippen LogP contribution in [0.1, 0.15) is 21.5 Å². The van der Waals surface area contributed by atoms with Crippen molar-refractivity contribution >= 4 is 11.9 Å². The van der Waals surface area contributed by atoms with E-state index in [1.807, 2.05) is 30.3 Å². The maximum absolute atomic E-state index is 14.5. The number of carbonyl (C=O) groups excluding carboxylic acids is 1. The highest BCUT2D eigenvalue weighted by Crippen LogP contribution is 2.28. The first-order chi connectivity index (χ1) is 16.4. The Bertz CT molecular complexity index is 1280. The van der Waals surface area contributed by atoms with E-state index in [2.05, 4.69) is 10.1 Å². The van der Waals surface area contributed by atoms with Crippen molar-refractivity contribution in [2.45, 2.75) is 12.1 Å². The first-order valence-corrected chi connectivity index (χ1v) is 10.4. The molecule has 0 aliphatic rings. The van der Waals surface area contributed by atoms with Gasteiger partial charge in [0.15, 0.2) is 5.78 Å². The first-order valence-electron chi connectivity index (χ1n) is 10.4. The first kappa shape index (κ1) is 23.0. The summed E-state index contributed by atoms with van der Waals surface area (Å²) in [4.78, 5) is 16.2. The Balaban J connectivity index is 1.48. The zero-order valence-electron chi connectivity index (χ0n) is 18.0. The van der Waals surface area contributed by atoms with Gasteiger partial charge in [-0.05, 0) is 42.0 Å². The van der Waals surface area contributed by atoms with E-state index in [4.69, 9.17) is 4.74 Å². The molecule has 0 aliphatic carbocycles. The molecule has 1 atom stereocenters. The Kier molecular flexibility index (Phi) is 6.89. The van der Waals surface area contributed by atoms with E-state index in [-0.39, 0.29) is 24.5 Å². The van der Waals surface area contributed by atoms with E-state index in [0.717, 1.165) is 11.6 Å². The van der Waals surface area contributed by atoms with Gasteiger partial charge in [-0.3, -0.25) is 4.79 Å². The highest BCUT2D eigenvalue weighted by Gasteiger charge is 2.34. The standard InChI is InChI=1S/C26H21F2N3O3/c27-21-9-12-23(24(28)14-21)26(33,15-31-18-29-17-30-31)16-34-22-10-7-20(8-11-22)25(32)13-6-19-4-2-1-3-5-19/h1-14,17-18,33H,15-16H2. The summed E-state index contributed by atoms with van der Waals surface area (Å²) in [6.07, 6.45) is 5.87. The second-order valence-electron chi connectivity index (χ2n) is 7.67. The summed E-state index contributed by atoms with van der Waals surface area (Å²) in [7, 11) is 0. The summed E-state index contributed by atoms with van der Waals surface area (Å²) in [5, 5.41) is 15.2. The van der Waals surface area contributed by atoms with E-state index >= 15 is 0 Å². The number of ketones is 1. The van der Waals surface area contributed by atoms with Crippen LogP contribution in [0, 0.1) is 11.6 Å². The molecule has 4 aromatic rings. The van der Waals surface area contributed by atoms with Crippen LogP contribution in [0.5, 0.6) is 5.75 Å². The number of hydrogen-bond acceptors (Lipinski definition) is 5. The Morgan fingerprint density at radius 3 is 2.50 bits per heavy atom. The van der Waals surface area contributed by atoms with Crippen LogP contribution in [0.25, 0.3) is 6.08 Å². The summed E-state index contributed by atoms with van der Waals surface area (Å²) in [5.74, 6) is -1.47. The molecule has 0 bridgehead atoms. The lowest BCUT2D eigenvalue weighted by atomic mass is 9.94. The molecule has 0 aliphatic heterocycles. The molecule has 0 saturated carbocycles. The molecule has 3 aromatic carbocycles. The summed E-state index contributed by atoms with van der Waals surface area (Å²) < 4.78 is 34.9. The number of ether oxygens (including phenoxy) is 1. The van der Waals surface area contributed by atoms with Crippen molar-refractivity contribution in [1.82, 2.24) is 14.8 Å². The molecule has 172 valence electrons. The number of halogens is 2. The minimum Gasteiger partial charge on any atom is -0.490 e. The number of benzene rings is 3. The highest BCUT2D eigenvalue weighted by atomic mass is 19.1. The summed E-state index contributed by atoms with van der Waals surface area (Å²) in [6.45, 7) is -0.521. The van der Waals surface area contributed by atoms with Crippen molar-refractivity contribution in [2.75, 3.05) is 6.61 Å². The van der Waals surface area contributed by atoms with Gasteiger partial charge in [-0.15, -0.1) is 0 Å². The van der Waals surface area contributed by atoms with Crippen molar-refractivity contribution in [2.24, 2.45) is 0 Å². The summed E-state index contributed by atoms with van der Waals surface area (Å²) in [5.41, 5.74) is -0.627. The second kappa shape index (κ2) is 10.2. The minimum absolute atomic E-state index is 0.137. The van der Waals surface area contributed by atoms with Gasteiger partial charge in [0.2, 0.25) is 0 Å². The number of carbonyl (C=O) groups is 1. The lowest BCUT2D eigenvalue weighted by molar-refractivity contribution is -0.0297. The number of aromatic nitrogens is 3. The average molecular weight is 461 g/mol. The number of nitrogens with zero attached hydrogens (tertiary/aromatic N) is 3. The van der Waals surface area contributed by atoms with E-state index < -0.39 is 17.2 Å². The quantitative estimate of drug-likeness (QED) is 0.295. The van der Waals surface area contributed by atoms with Gasteiger partial charge in [0.25, 0.3) is 0 Å². The van der Waals surface area contributed by atoms with E-state index in [1.54, 1.807) is 30.3 Å². The molecule has 8 heteroatoms. The Hall–Kier alpha value is -4.17. The molecule has 0 saturated heterocycles. The van der Waals surface area contributed by atoms with Crippen LogP contribution in [0.4, 0.5) is 8.78 Å². The van der Waals surface area contributed by atoms with Crippen molar-refractivity contribution in [3.63, 3.8) is 0 Å². The van der Waals surface area contributed by atoms with Gasteiger partial charge in [-0.1, -0.05) is 42.5 Å². The van der Waals surface area contributed by atoms with Gasteiger partial charge in [-0.2, -0.15) is 5.10 Å². The minimum atomic E-state index is -1.86. The molecule has 1 aromatic heterocycles. The van der Waals surface area contributed by atoms with E-state index in [9.17, 15) is 18.7 Å². The van der Waals surface area contributed by atoms with Gasteiger partial charge < -0.3 is 9.84 Å². The SMILES string of the molecule is O=C(C=Cc1ccccc1)c1ccc(OCC(O)(Cn2cncn2)c2ccc(F)cc2F)cc1. The predicted octanol–water partition coefficient (Wildman–Crippen LogP) is 4.42. The molecular weight excluding hydrogens is 440 g/mol. The maximum atomic E-state index is 14.5. The molecule has 0 radical (unpaired) electrons.